The van der Waals surface area contributed by atoms with Gasteiger partial charge in [0.05, 0.1) is 31.8 Å². The van der Waals surface area contributed by atoms with Gasteiger partial charge >= 0.3 is 6.09 Å². The Labute approximate surface area is 210 Å². The van der Waals surface area contributed by atoms with Gasteiger partial charge in [-0.2, -0.15) is 0 Å². The predicted octanol–water partition coefficient (Wildman–Crippen LogP) is 4.12. The lowest BCUT2D eigenvalue weighted by Crippen LogP contribution is -2.11. The van der Waals surface area contributed by atoms with Crippen LogP contribution in [0.15, 0.2) is 61.1 Å². The Bertz CT molecular complexity index is 1580. The first-order valence-corrected chi connectivity index (χ1v) is 11.1. The minimum atomic E-state index is -0.601. The van der Waals surface area contributed by atoms with Crippen LogP contribution >= 0.6 is 0 Å². The number of imidazole rings is 1. The van der Waals surface area contributed by atoms with Gasteiger partial charge in [0.25, 0.3) is 0 Å². The number of aromatic nitrogens is 6. The van der Waals surface area contributed by atoms with Crippen LogP contribution in [-0.2, 0) is 16.1 Å². The normalized spacial score (nSPS) is 11.0. The Morgan fingerprint density at radius 1 is 1.00 bits per heavy atom. The number of hydrogen-bond acceptors (Lipinski definition) is 8. The molecular weight excluding hydrogens is 481 g/mol. The minimum Gasteiger partial charge on any atom is -0.494 e. The number of ether oxygens (including phenoxy) is 3. The van der Waals surface area contributed by atoms with Gasteiger partial charge in [0.2, 0.25) is 0 Å². The zero-order chi connectivity index (χ0) is 25.9. The first-order valence-electron chi connectivity index (χ1n) is 11.1. The van der Waals surface area contributed by atoms with Crippen molar-refractivity contribution in [2.75, 3.05) is 26.6 Å². The molecule has 11 nitrogen and oxygen atoms in total. The molecule has 0 atom stereocenters. The highest BCUT2D eigenvalue weighted by Gasteiger charge is 2.18. The average Bonchev–Trinajstić information content (AvgIpc) is 3.53. The second-order valence-corrected chi connectivity index (χ2v) is 7.87. The molecule has 0 aliphatic carbocycles. The van der Waals surface area contributed by atoms with Crippen molar-refractivity contribution in [1.29, 1.82) is 0 Å². The number of amides is 1. The highest BCUT2D eigenvalue weighted by molar-refractivity contribution is 5.83. The van der Waals surface area contributed by atoms with Gasteiger partial charge in [0, 0.05) is 36.7 Å². The van der Waals surface area contributed by atoms with Crippen LogP contribution in [0.3, 0.4) is 0 Å². The lowest BCUT2D eigenvalue weighted by molar-refractivity contribution is 0.176. The average molecular weight is 503 g/mol. The van der Waals surface area contributed by atoms with E-state index in [0.717, 1.165) is 16.8 Å². The van der Waals surface area contributed by atoms with Crippen LogP contribution in [0.1, 0.15) is 5.82 Å². The summed E-state index contributed by atoms with van der Waals surface area (Å²) in [5.41, 5.74) is 3.63. The molecule has 0 bridgehead atoms. The largest absolute Gasteiger partial charge is 0.494 e. The Kier molecular flexibility index (Phi) is 6.47. The number of carbonyl (C=O) groups excluding carboxylic acids is 1. The van der Waals surface area contributed by atoms with Crippen molar-refractivity contribution in [3.8, 4) is 34.1 Å². The molecule has 0 unspecified atom stereocenters. The quantitative estimate of drug-likeness (QED) is 0.353. The summed E-state index contributed by atoms with van der Waals surface area (Å²) in [7, 11) is 4.26. The minimum absolute atomic E-state index is 0.102. The maximum absolute atomic E-state index is 14.1. The topological polar surface area (TPSA) is 118 Å². The van der Waals surface area contributed by atoms with Crippen LogP contribution in [0.4, 0.5) is 15.0 Å². The molecule has 1 aromatic carbocycles. The molecule has 1 amide bonds. The van der Waals surface area contributed by atoms with Gasteiger partial charge in [-0.05, 0) is 36.4 Å². The summed E-state index contributed by atoms with van der Waals surface area (Å²) in [6.07, 6.45) is 4.65. The van der Waals surface area contributed by atoms with Crippen LogP contribution in [-0.4, -0.2) is 56.6 Å². The van der Waals surface area contributed by atoms with E-state index in [1.54, 1.807) is 42.3 Å². The first-order chi connectivity index (χ1) is 18.0. The van der Waals surface area contributed by atoms with Gasteiger partial charge in [0.1, 0.15) is 18.1 Å². The fourth-order valence-electron chi connectivity index (χ4n) is 3.89. The van der Waals surface area contributed by atoms with Crippen LogP contribution in [0.2, 0.25) is 0 Å². The van der Waals surface area contributed by atoms with Crippen LogP contribution in [0, 0.1) is 5.82 Å². The molecule has 1 N–H and O–H groups in total. The fourth-order valence-corrected chi connectivity index (χ4v) is 3.89. The third kappa shape index (κ3) is 4.57. The van der Waals surface area contributed by atoms with E-state index in [-0.39, 0.29) is 12.4 Å². The fraction of sp³-hybridized carbons (Fsp3) is 0.160. The second-order valence-electron chi connectivity index (χ2n) is 7.87. The number of anilines is 1. The van der Waals surface area contributed by atoms with E-state index in [4.69, 9.17) is 9.47 Å². The van der Waals surface area contributed by atoms with Gasteiger partial charge in [-0.3, -0.25) is 14.3 Å². The highest BCUT2D eigenvalue weighted by atomic mass is 19.1. The van der Waals surface area contributed by atoms with E-state index >= 15 is 0 Å². The zero-order valence-electron chi connectivity index (χ0n) is 20.2. The first kappa shape index (κ1) is 23.9. The van der Waals surface area contributed by atoms with Crippen molar-refractivity contribution >= 4 is 17.6 Å². The van der Waals surface area contributed by atoms with E-state index in [1.165, 1.54) is 20.3 Å². The number of benzene rings is 1. The molecule has 0 saturated heterocycles. The van der Waals surface area contributed by atoms with Gasteiger partial charge in [-0.15, -0.1) is 10.2 Å². The number of rotatable bonds is 7. The van der Waals surface area contributed by atoms with Crippen LogP contribution in [0.25, 0.3) is 34.0 Å². The molecule has 0 fully saturated rings. The molecule has 0 aliphatic rings. The van der Waals surface area contributed by atoms with E-state index in [9.17, 15) is 9.18 Å². The number of nitrogens with zero attached hydrogens (tertiary/aromatic N) is 6. The summed E-state index contributed by atoms with van der Waals surface area (Å²) in [5, 5.41) is 11.2. The summed E-state index contributed by atoms with van der Waals surface area (Å²) >= 11 is 0. The second kappa shape index (κ2) is 10.0. The summed E-state index contributed by atoms with van der Waals surface area (Å²) in [5.74, 6) is 1.05. The Morgan fingerprint density at radius 3 is 2.57 bits per heavy atom. The summed E-state index contributed by atoms with van der Waals surface area (Å²) in [6, 6.07) is 11.8. The van der Waals surface area contributed by atoms with Crippen LogP contribution in [0.5, 0.6) is 5.75 Å². The zero-order valence-corrected chi connectivity index (χ0v) is 20.2. The van der Waals surface area contributed by atoms with Crippen molar-refractivity contribution in [1.82, 2.24) is 29.1 Å². The Hall–Kier alpha value is -4.84. The SMILES string of the molecule is COCc1nnc(-c2ccc3ncc(-c4ccc(NC(=O)OC)nc4)n3c2)n1-c1ccc(F)c(OC)c1. The number of halogens is 1. The maximum Gasteiger partial charge on any atom is 0.412 e. The lowest BCUT2D eigenvalue weighted by Gasteiger charge is -2.12. The molecule has 5 aromatic rings. The van der Waals surface area contributed by atoms with E-state index in [1.807, 2.05) is 28.8 Å². The van der Waals surface area contributed by atoms with Crippen LogP contribution < -0.4 is 10.1 Å². The molecule has 0 aliphatic heterocycles. The Morgan fingerprint density at radius 2 is 1.84 bits per heavy atom. The Balaban J connectivity index is 1.58. The molecule has 188 valence electrons. The summed E-state index contributed by atoms with van der Waals surface area (Å²) in [4.78, 5) is 20.2. The number of hydrogen-bond donors (Lipinski definition) is 1. The van der Waals surface area contributed by atoms with E-state index < -0.39 is 11.9 Å². The maximum atomic E-state index is 14.1. The van der Waals surface area contributed by atoms with Crippen molar-refractivity contribution < 1.29 is 23.4 Å². The van der Waals surface area contributed by atoms with Gasteiger partial charge in [0.15, 0.2) is 23.2 Å². The number of fused-ring (bicyclic) bond motifs is 1. The van der Waals surface area contributed by atoms with E-state index in [2.05, 4.69) is 30.2 Å². The highest BCUT2D eigenvalue weighted by Crippen LogP contribution is 2.29. The molecule has 0 spiro atoms. The van der Waals surface area contributed by atoms with Gasteiger partial charge < -0.3 is 14.2 Å². The smallest absolute Gasteiger partial charge is 0.412 e. The molecule has 37 heavy (non-hydrogen) atoms. The molecule has 4 aromatic heterocycles. The molecule has 5 rings (SSSR count). The summed E-state index contributed by atoms with van der Waals surface area (Å²) in [6.45, 7) is 0.197. The molecule has 0 saturated carbocycles. The standard InChI is InChI=1S/C25H22FN7O4/c1-35-14-23-30-31-24(33(23)17-6-7-18(26)20(10-17)36-2)16-5-9-22-28-12-19(32(22)13-16)15-4-8-21(27-11-15)29-25(34)37-3/h4-13H,14H2,1-3H3,(H,27,29,34). The van der Waals surface area contributed by atoms with Crippen molar-refractivity contribution in [3.63, 3.8) is 0 Å². The molecule has 0 radical (unpaired) electrons. The number of pyridine rings is 2. The summed E-state index contributed by atoms with van der Waals surface area (Å²) < 4.78 is 32.9. The van der Waals surface area contributed by atoms with Crippen molar-refractivity contribution in [2.24, 2.45) is 0 Å². The molecule has 4 heterocycles. The third-order valence-corrected chi connectivity index (χ3v) is 5.63. The lowest BCUT2D eigenvalue weighted by atomic mass is 10.2. The predicted molar refractivity (Wildman–Crippen MR) is 132 cm³/mol. The van der Waals surface area contributed by atoms with Crippen molar-refractivity contribution in [2.45, 2.75) is 6.61 Å². The van der Waals surface area contributed by atoms with E-state index in [0.29, 0.717) is 28.8 Å². The van der Waals surface area contributed by atoms with Gasteiger partial charge in [-0.25, -0.2) is 19.2 Å². The third-order valence-electron chi connectivity index (χ3n) is 5.63. The molecular formula is C25H22FN7O4. The monoisotopic (exact) mass is 503 g/mol. The van der Waals surface area contributed by atoms with Gasteiger partial charge in [-0.1, -0.05) is 0 Å². The number of methoxy groups -OCH3 is 3. The number of nitrogens with one attached hydrogen (secondary N) is 1. The number of carbonyl (C=O) groups is 1. The van der Waals surface area contributed by atoms with Crippen molar-refractivity contribution in [3.05, 3.63) is 72.7 Å². The molecule has 12 heteroatoms.